The number of carbonyl (C=O) groups excluding carboxylic acids is 2. The molecule has 0 aromatic heterocycles. The van der Waals surface area contributed by atoms with Crippen LogP contribution in [0.3, 0.4) is 0 Å². The van der Waals surface area contributed by atoms with Gasteiger partial charge in [-0.15, -0.1) is 0 Å². The first-order valence-corrected chi connectivity index (χ1v) is 8.65. The van der Waals surface area contributed by atoms with Gasteiger partial charge >= 0.3 is 0 Å². The zero-order valence-electron chi connectivity index (χ0n) is 15.8. The van der Waals surface area contributed by atoms with E-state index in [2.05, 4.69) is 5.32 Å². The molecule has 2 rings (SSSR count). The lowest BCUT2D eigenvalue weighted by molar-refractivity contribution is -0.129. The summed E-state index contributed by atoms with van der Waals surface area (Å²) < 4.78 is 5.62. The third-order valence-electron chi connectivity index (χ3n) is 4.03. The van der Waals surface area contributed by atoms with Crippen LogP contribution in [0.25, 0.3) is 0 Å². The van der Waals surface area contributed by atoms with Gasteiger partial charge in [0.15, 0.2) is 0 Å². The average molecular weight is 354 g/mol. The molecule has 0 radical (unpaired) electrons. The van der Waals surface area contributed by atoms with Gasteiger partial charge in [-0.2, -0.15) is 0 Å². The van der Waals surface area contributed by atoms with E-state index in [1.807, 2.05) is 63.2 Å². The maximum absolute atomic E-state index is 12.2. The number of ether oxygens (including phenoxy) is 1. The molecule has 0 aliphatic rings. The van der Waals surface area contributed by atoms with Crippen molar-refractivity contribution in [3.8, 4) is 5.75 Å². The lowest BCUT2D eigenvalue weighted by Gasteiger charge is -2.18. The number of hydrogen-bond acceptors (Lipinski definition) is 3. The first kappa shape index (κ1) is 19.5. The highest BCUT2D eigenvalue weighted by molar-refractivity contribution is 5.96. The molecule has 1 N–H and O–H groups in total. The van der Waals surface area contributed by atoms with E-state index in [0.29, 0.717) is 18.7 Å². The summed E-state index contributed by atoms with van der Waals surface area (Å²) in [5.41, 5.74) is 3.78. The fraction of sp³-hybridized carbons (Fsp3) is 0.333. The largest absolute Gasteiger partial charge is 0.492 e. The van der Waals surface area contributed by atoms with Crippen molar-refractivity contribution in [2.75, 3.05) is 26.7 Å². The Labute approximate surface area is 155 Å². The molecular formula is C21H26N2O3. The van der Waals surface area contributed by atoms with Crippen LogP contribution in [0.5, 0.6) is 5.75 Å². The number of carbonyl (C=O) groups is 2. The minimum atomic E-state index is -0.241. The second kappa shape index (κ2) is 9.04. The zero-order valence-corrected chi connectivity index (χ0v) is 15.8. The Morgan fingerprint density at radius 3 is 2.19 bits per heavy atom. The van der Waals surface area contributed by atoms with Crippen molar-refractivity contribution >= 4 is 11.8 Å². The van der Waals surface area contributed by atoms with Crippen LogP contribution >= 0.6 is 0 Å². The van der Waals surface area contributed by atoms with Gasteiger partial charge in [0.1, 0.15) is 12.4 Å². The van der Waals surface area contributed by atoms with Gasteiger partial charge in [0.25, 0.3) is 5.91 Å². The van der Waals surface area contributed by atoms with Crippen LogP contribution in [0.15, 0.2) is 42.5 Å². The number of hydrogen-bond donors (Lipinski definition) is 1. The fourth-order valence-corrected chi connectivity index (χ4v) is 2.56. The van der Waals surface area contributed by atoms with Gasteiger partial charge in [0.05, 0.1) is 13.1 Å². The normalized spacial score (nSPS) is 10.3. The van der Waals surface area contributed by atoms with E-state index >= 15 is 0 Å². The van der Waals surface area contributed by atoms with Crippen LogP contribution in [0.2, 0.25) is 0 Å². The molecule has 0 aliphatic carbocycles. The maximum Gasteiger partial charge on any atom is 0.251 e. The first-order valence-electron chi connectivity index (χ1n) is 8.65. The van der Waals surface area contributed by atoms with Gasteiger partial charge < -0.3 is 15.0 Å². The Balaban J connectivity index is 1.75. The maximum atomic E-state index is 12.2. The average Bonchev–Trinajstić information content (AvgIpc) is 2.60. The number of likely N-dealkylation sites (N-methyl/N-ethyl adjacent to an activating group) is 1. The Kier molecular flexibility index (Phi) is 6.78. The molecule has 5 nitrogen and oxygen atoms in total. The molecule has 0 spiro atoms. The summed E-state index contributed by atoms with van der Waals surface area (Å²) in [7, 11) is 1.70. The fourth-order valence-electron chi connectivity index (χ4n) is 2.56. The molecule has 0 unspecified atom stereocenters. The van der Waals surface area contributed by atoms with Crippen LogP contribution < -0.4 is 10.1 Å². The Bertz CT molecular complexity index is 749. The van der Waals surface area contributed by atoms with Crippen molar-refractivity contribution in [2.45, 2.75) is 20.8 Å². The molecule has 2 aromatic rings. The van der Waals surface area contributed by atoms with Crippen LogP contribution in [0.1, 0.15) is 27.0 Å². The lowest BCUT2D eigenvalue weighted by atomic mass is 10.1. The highest BCUT2D eigenvalue weighted by Crippen LogP contribution is 2.11. The van der Waals surface area contributed by atoms with Crippen LogP contribution in [-0.2, 0) is 4.79 Å². The quantitative estimate of drug-likeness (QED) is 0.832. The molecule has 5 heteroatoms. The summed E-state index contributed by atoms with van der Waals surface area (Å²) in [6, 6.07) is 13.4. The van der Waals surface area contributed by atoms with E-state index in [4.69, 9.17) is 4.74 Å². The smallest absolute Gasteiger partial charge is 0.251 e. The summed E-state index contributed by atoms with van der Waals surface area (Å²) in [5, 5.41) is 2.68. The van der Waals surface area contributed by atoms with Crippen LogP contribution in [-0.4, -0.2) is 43.5 Å². The number of nitrogens with one attached hydrogen (secondary N) is 1. The van der Waals surface area contributed by atoms with Gasteiger partial charge in [-0.3, -0.25) is 9.59 Å². The summed E-state index contributed by atoms with van der Waals surface area (Å²) in [6.45, 7) is 6.71. The van der Waals surface area contributed by atoms with E-state index in [0.717, 1.165) is 16.9 Å². The summed E-state index contributed by atoms with van der Waals surface area (Å²) in [5.74, 6) is 0.379. The standard InChI is InChI=1S/C21H26N2O3/c1-15-5-7-19(8-6-15)26-10-9-23(4)20(24)14-22-21(25)18-12-16(2)11-17(3)13-18/h5-8,11-13H,9-10,14H2,1-4H3,(H,22,25). The van der Waals surface area contributed by atoms with Gasteiger partial charge in [-0.05, 0) is 45.0 Å². The molecule has 0 bridgehead atoms. The van der Waals surface area contributed by atoms with Crippen LogP contribution in [0, 0.1) is 20.8 Å². The van der Waals surface area contributed by atoms with E-state index in [1.165, 1.54) is 5.56 Å². The lowest BCUT2D eigenvalue weighted by Crippen LogP contribution is -2.39. The minimum absolute atomic E-state index is 0.0349. The van der Waals surface area contributed by atoms with E-state index in [-0.39, 0.29) is 18.4 Å². The Morgan fingerprint density at radius 1 is 0.962 bits per heavy atom. The number of benzene rings is 2. The van der Waals surface area contributed by atoms with Crippen molar-refractivity contribution in [3.63, 3.8) is 0 Å². The molecular weight excluding hydrogens is 328 g/mol. The molecule has 2 aromatic carbocycles. The molecule has 0 fully saturated rings. The molecule has 138 valence electrons. The number of nitrogens with zero attached hydrogens (tertiary/aromatic N) is 1. The van der Waals surface area contributed by atoms with Gasteiger partial charge in [0.2, 0.25) is 5.91 Å². The molecule has 26 heavy (non-hydrogen) atoms. The van der Waals surface area contributed by atoms with Crippen molar-refractivity contribution < 1.29 is 14.3 Å². The second-order valence-corrected chi connectivity index (χ2v) is 6.54. The summed E-state index contributed by atoms with van der Waals surface area (Å²) in [4.78, 5) is 25.9. The minimum Gasteiger partial charge on any atom is -0.492 e. The monoisotopic (exact) mass is 354 g/mol. The molecule has 0 saturated carbocycles. The highest BCUT2D eigenvalue weighted by Gasteiger charge is 2.12. The predicted octanol–water partition coefficient (Wildman–Crippen LogP) is 2.88. The third-order valence-corrected chi connectivity index (χ3v) is 4.03. The molecule has 0 saturated heterocycles. The Hall–Kier alpha value is -2.82. The highest BCUT2D eigenvalue weighted by atomic mass is 16.5. The number of amides is 2. The van der Waals surface area contributed by atoms with Gasteiger partial charge in [-0.1, -0.05) is 34.9 Å². The SMILES string of the molecule is Cc1ccc(OCCN(C)C(=O)CNC(=O)c2cc(C)cc(C)c2)cc1. The molecule has 0 aliphatic heterocycles. The third kappa shape index (κ3) is 5.92. The van der Waals surface area contributed by atoms with Crippen molar-refractivity contribution in [1.82, 2.24) is 10.2 Å². The summed E-state index contributed by atoms with van der Waals surface area (Å²) >= 11 is 0. The van der Waals surface area contributed by atoms with Gasteiger partial charge in [-0.25, -0.2) is 0 Å². The Morgan fingerprint density at radius 2 is 1.58 bits per heavy atom. The molecule has 0 atom stereocenters. The van der Waals surface area contributed by atoms with E-state index in [9.17, 15) is 9.59 Å². The second-order valence-electron chi connectivity index (χ2n) is 6.54. The van der Waals surface area contributed by atoms with Gasteiger partial charge in [0, 0.05) is 12.6 Å². The number of rotatable bonds is 7. The topological polar surface area (TPSA) is 58.6 Å². The van der Waals surface area contributed by atoms with Crippen molar-refractivity contribution in [1.29, 1.82) is 0 Å². The van der Waals surface area contributed by atoms with Crippen molar-refractivity contribution in [2.24, 2.45) is 0 Å². The van der Waals surface area contributed by atoms with Crippen LogP contribution in [0.4, 0.5) is 0 Å². The van der Waals surface area contributed by atoms with E-state index < -0.39 is 0 Å². The predicted molar refractivity (Wildman–Crippen MR) is 103 cm³/mol. The number of aryl methyl sites for hydroxylation is 3. The van der Waals surface area contributed by atoms with Crippen molar-refractivity contribution in [3.05, 3.63) is 64.7 Å². The van der Waals surface area contributed by atoms with E-state index in [1.54, 1.807) is 11.9 Å². The summed E-state index contributed by atoms with van der Waals surface area (Å²) in [6.07, 6.45) is 0. The molecule has 2 amide bonds. The zero-order chi connectivity index (χ0) is 19.1. The first-order chi connectivity index (χ1) is 12.3. The molecule has 0 heterocycles.